The Morgan fingerprint density at radius 1 is 1.12 bits per heavy atom. The molecule has 2 aliphatic rings. The predicted octanol–water partition coefficient (Wildman–Crippen LogP) is 6.70. The van der Waals surface area contributed by atoms with Gasteiger partial charge in [0.25, 0.3) is 0 Å². The molecular formula is C26H25Cl2N3O2. The quantitative estimate of drug-likeness (QED) is 0.452. The average molecular weight is 482 g/mol. The summed E-state index contributed by atoms with van der Waals surface area (Å²) in [6, 6.07) is 13.4. The standard InChI is InChI=1S/C26H25Cl2N3O2/c1-14-22-23(16-7-5-6-8-21(16)33-4)24-19(12-26(2,3)13-20(24)32)29-25(22)31(30-14)15-9-10-17(27)18(28)11-15/h5-11,23,29H,12-13H2,1-4H3/t23-/m0/s1. The Balaban J connectivity index is 1.78. The normalized spacial score (nSPS) is 19.1. The first-order valence-electron chi connectivity index (χ1n) is 10.9. The molecule has 2 heterocycles. The van der Waals surface area contributed by atoms with Crippen molar-refractivity contribution in [2.24, 2.45) is 5.41 Å². The zero-order chi connectivity index (χ0) is 23.5. The first-order valence-corrected chi connectivity index (χ1v) is 11.7. The van der Waals surface area contributed by atoms with Gasteiger partial charge in [-0.15, -0.1) is 0 Å². The van der Waals surface area contributed by atoms with Crippen molar-refractivity contribution in [2.75, 3.05) is 12.4 Å². The number of hydrogen-bond acceptors (Lipinski definition) is 4. The minimum atomic E-state index is -0.271. The molecule has 3 aromatic rings. The molecule has 0 unspecified atom stereocenters. The van der Waals surface area contributed by atoms with Crippen molar-refractivity contribution in [1.82, 2.24) is 9.78 Å². The molecule has 170 valence electrons. The maximum Gasteiger partial charge on any atom is 0.162 e. The van der Waals surface area contributed by atoms with Gasteiger partial charge in [0.2, 0.25) is 0 Å². The molecule has 0 fully saturated rings. The topological polar surface area (TPSA) is 56.1 Å². The number of nitrogens with one attached hydrogen (secondary N) is 1. The fourth-order valence-electron chi connectivity index (χ4n) is 5.09. The summed E-state index contributed by atoms with van der Waals surface area (Å²) >= 11 is 12.5. The molecule has 0 spiro atoms. The largest absolute Gasteiger partial charge is 0.496 e. The van der Waals surface area contributed by atoms with Crippen molar-refractivity contribution in [3.63, 3.8) is 0 Å². The van der Waals surface area contributed by atoms with Crippen LogP contribution in [-0.2, 0) is 4.79 Å². The van der Waals surface area contributed by atoms with Crippen LogP contribution in [0, 0.1) is 12.3 Å². The number of allylic oxidation sites excluding steroid dienone is 2. The third-order valence-electron chi connectivity index (χ3n) is 6.47. The van der Waals surface area contributed by atoms with Crippen molar-refractivity contribution < 1.29 is 9.53 Å². The smallest absolute Gasteiger partial charge is 0.162 e. The molecule has 0 saturated heterocycles. The highest BCUT2D eigenvalue weighted by Gasteiger charge is 2.43. The van der Waals surface area contributed by atoms with Crippen LogP contribution >= 0.6 is 23.2 Å². The number of nitrogens with zero attached hydrogens (tertiary/aromatic N) is 2. The van der Waals surface area contributed by atoms with Crippen molar-refractivity contribution >= 4 is 34.8 Å². The molecule has 0 saturated carbocycles. The summed E-state index contributed by atoms with van der Waals surface area (Å²) in [4.78, 5) is 13.5. The van der Waals surface area contributed by atoms with Crippen molar-refractivity contribution in [1.29, 1.82) is 0 Å². The van der Waals surface area contributed by atoms with E-state index in [9.17, 15) is 4.79 Å². The molecule has 7 heteroatoms. The number of benzene rings is 2. The Hall–Kier alpha value is -2.76. The molecular weight excluding hydrogens is 457 g/mol. The molecule has 5 nitrogen and oxygen atoms in total. The van der Waals surface area contributed by atoms with E-state index in [0.717, 1.165) is 51.8 Å². The van der Waals surface area contributed by atoms with Gasteiger partial charge in [0.15, 0.2) is 5.78 Å². The maximum atomic E-state index is 13.5. The lowest BCUT2D eigenvalue weighted by atomic mass is 9.69. The van der Waals surface area contributed by atoms with E-state index in [1.165, 1.54) is 0 Å². The van der Waals surface area contributed by atoms with E-state index in [1.54, 1.807) is 19.2 Å². The van der Waals surface area contributed by atoms with Crippen LogP contribution in [0.2, 0.25) is 10.0 Å². The maximum absolute atomic E-state index is 13.5. The molecule has 1 atom stereocenters. The van der Waals surface area contributed by atoms with Gasteiger partial charge in [-0.25, -0.2) is 4.68 Å². The number of methoxy groups -OCH3 is 1. The monoisotopic (exact) mass is 481 g/mol. The fourth-order valence-corrected chi connectivity index (χ4v) is 5.39. The summed E-state index contributed by atoms with van der Waals surface area (Å²) in [7, 11) is 1.66. The summed E-state index contributed by atoms with van der Waals surface area (Å²) in [6.07, 6.45) is 1.28. The van der Waals surface area contributed by atoms with Gasteiger partial charge in [-0.1, -0.05) is 55.2 Å². The molecule has 0 amide bonds. The Labute approximate surface area is 203 Å². The van der Waals surface area contributed by atoms with Gasteiger partial charge in [-0.2, -0.15) is 5.10 Å². The predicted molar refractivity (Wildman–Crippen MR) is 132 cm³/mol. The van der Waals surface area contributed by atoms with Gasteiger partial charge < -0.3 is 10.1 Å². The van der Waals surface area contributed by atoms with Crippen molar-refractivity contribution in [3.8, 4) is 11.4 Å². The van der Waals surface area contributed by atoms with Gasteiger partial charge >= 0.3 is 0 Å². The van der Waals surface area contributed by atoms with E-state index >= 15 is 0 Å². The first-order chi connectivity index (χ1) is 15.7. The lowest BCUT2D eigenvalue weighted by molar-refractivity contribution is -0.118. The Morgan fingerprint density at radius 3 is 2.61 bits per heavy atom. The van der Waals surface area contributed by atoms with E-state index < -0.39 is 0 Å². The molecule has 1 aliphatic carbocycles. The number of Topliss-reactive ketones (excluding diaryl/α,β-unsaturated/α-hetero) is 1. The molecule has 1 aromatic heterocycles. The van der Waals surface area contributed by atoms with Crippen LogP contribution in [0.4, 0.5) is 5.82 Å². The third kappa shape index (κ3) is 3.64. The van der Waals surface area contributed by atoms with Gasteiger partial charge in [-0.05, 0) is 43.0 Å². The molecule has 2 aromatic carbocycles. The SMILES string of the molecule is COc1ccccc1[C@@H]1C2=C(CC(C)(C)CC2=O)Nc2c1c(C)nn2-c1ccc(Cl)c(Cl)c1. The van der Waals surface area contributed by atoms with Crippen LogP contribution in [0.15, 0.2) is 53.7 Å². The van der Waals surface area contributed by atoms with Crippen molar-refractivity contribution in [2.45, 2.75) is 39.5 Å². The number of ketones is 1. The molecule has 1 N–H and O–H groups in total. The Bertz CT molecular complexity index is 1320. The summed E-state index contributed by atoms with van der Waals surface area (Å²) < 4.78 is 7.57. The number of carbonyl (C=O) groups is 1. The Kier molecular flexibility index (Phi) is 5.30. The van der Waals surface area contributed by atoms with E-state index in [1.807, 2.05) is 41.9 Å². The average Bonchev–Trinajstić information content (AvgIpc) is 3.09. The number of aromatic nitrogens is 2. The minimum absolute atomic E-state index is 0.130. The van der Waals surface area contributed by atoms with Crippen LogP contribution in [0.1, 0.15) is 49.4 Å². The van der Waals surface area contributed by atoms with Crippen LogP contribution in [0.5, 0.6) is 5.75 Å². The summed E-state index contributed by atoms with van der Waals surface area (Å²) in [5, 5.41) is 9.39. The lowest BCUT2D eigenvalue weighted by Gasteiger charge is -2.39. The first kappa shape index (κ1) is 22.1. The van der Waals surface area contributed by atoms with Crippen LogP contribution < -0.4 is 10.1 Å². The van der Waals surface area contributed by atoms with Crippen LogP contribution in [-0.4, -0.2) is 22.7 Å². The van der Waals surface area contributed by atoms with Gasteiger partial charge in [-0.3, -0.25) is 4.79 Å². The van der Waals surface area contributed by atoms with Crippen molar-refractivity contribution in [3.05, 3.63) is 80.6 Å². The zero-order valence-corrected chi connectivity index (χ0v) is 20.5. The number of ether oxygens (including phenoxy) is 1. The zero-order valence-electron chi connectivity index (χ0n) is 19.0. The second kappa shape index (κ2) is 7.93. The summed E-state index contributed by atoms with van der Waals surface area (Å²) in [5.41, 5.74) is 5.19. The number of carbonyl (C=O) groups excluding carboxylic acids is 1. The molecule has 33 heavy (non-hydrogen) atoms. The van der Waals surface area contributed by atoms with Gasteiger partial charge in [0.05, 0.1) is 28.5 Å². The Morgan fingerprint density at radius 2 is 1.88 bits per heavy atom. The third-order valence-corrected chi connectivity index (χ3v) is 7.21. The number of para-hydroxylation sites is 1. The van der Waals surface area contributed by atoms with Gasteiger partial charge in [0.1, 0.15) is 11.6 Å². The molecule has 1 aliphatic heterocycles. The second-order valence-corrected chi connectivity index (χ2v) is 10.3. The lowest BCUT2D eigenvalue weighted by Crippen LogP contribution is -2.34. The second-order valence-electron chi connectivity index (χ2n) is 9.49. The van der Waals surface area contributed by atoms with Crippen LogP contribution in [0.3, 0.4) is 0 Å². The van der Waals surface area contributed by atoms with E-state index in [2.05, 4.69) is 19.2 Å². The van der Waals surface area contributed by atoms with E-state index in [-0.39, 0.29) is 17.1 Å². The number of anilines is 1. The minimum Gasteiger partial charge on any atom is -0.496 e. The number of aryl methyl sites for hydroxylation is 1. The van der Waals surface area contributed by atoms with Gasteiger partial charge in [0, 0.05) is 34.7 Å². The van der Waals surface area contributed by atoms with E-state index in [0.29, 0.717) is 16.5 Å². The molecule has 5 rings (SSSR count). The fraction of sp³-hybridized carbons (Fsp3) is 0.308. The van der Waals surface area contributed by atoms with E-state index in [4.69, 9.17) is 33.0 Å². The number of halogens is 2. The molecule has 0 radical (unpaired) electrons. The molecule has 0 bridgehead atoms. The summed E-state index contributed by atoms with van der Waals surface area (Å²) in [5.74, 6) is 1.48. The number of rotatable bonds is 3. The highest BCUT2D eigenvalue weighted by molar-refractivity contribution is 6.42. The highest BCUT2D eigenvalue weighted by Crippen LogP contribution is 2.51. The van der Waals surface area contributed by atoms with Crippen LogP contribution in [0.25, 0.3) is 5.69 Å². The summed E-state index contributed by atoms with van der Waals surface area (Å²) in [6.45, 7) is 6.23. The highest BCUT2D eigenvalue weighted by atomic mass is 35.5. The number of fused-ring (bicyclic) bond motifs is 1. The number of hydrogen-bond donors (Lipinski definition) is 1.